The molecule has 11 heteroatoms. The normalized spacial score (nSPS) is 12.8. The van der Waals surface area contributed by atoms with Crippen molar-refractivity contribution in [2.24, 2.45) is 5.10 Å². The van der Waals surface area contributed by atoms with Gasteiger partial charge in [-0.05, 0) is 43.2 Å². The summed E-state index contributed by atoms with van der Waals surface area (Å²) in [6, 6.07) is 6.03. The first-order chi connectivity index (χ1) is 14.4. The Hall–Kier alpha value is -2.98. The summed E-state index contributed by atoms with van der Waals surface area (Å²) in [6.07, 6.45) is -5.79. The van der Waals surface area contributed by atoms with Crippen LogP contribution in [0.15, 0.2) is 47.6 Å². The highest BCUT2D eigenvalue weighted by Gasteiger charge is 2.73. The number of ether oxygens (including phenoxy) is 2. The van der Waals surface area contributed by atoms with Crippen molar-refractivity contribution in [3.8, 4) is 11.5 Å². The summed E-state index contributed by atoms with van der Waals surface area (Å²) in [5.74, 6) is -5.77. The second-order valence-electron chi connectivity index (χ2n) is 6.43. The molecule has 1 N–H and O–H groups in total. The maximum Gasteiger partial charge on any atom is 0.462 e. The van der Waals surface area contributed by atoms with Gasteiger partial charge in [0.1, 0.15) is 6.61 Å². The predicted molar refractivity (Wildman–Crippen MR) is 99.8 cm³/mol. The largest absolute Gasteiger partial charge is 0.490 e. The van der Waals surface area contributed by atoms with E-state index in [2.05, 4.69) is 5.10 Å². The van der Waals surface area contributed by atoms with Crippen LogP contribution < -0.4 is 14.9 Å². The smallest absolute Gasteiger partial charge is 0.462 e. The van der Waals surface area contributed by atoms with E-state index >= 15 is 0 Å². The van der Waals surface area contributed by atoms with Crippen molar-refractivity contribution in [2.45, 2.75) is 38.6 Å². The number of aryl methyl sites for hydroxylation is 1. The van der Waals surface area contributed by atoms with Crippen molar-refractivity contribution in [2.75, 3.05) is 6.61 Å². The highest BCUT2D eigenvalue weighted by atomic mass is 19.4. The number of hydrazone groups is 1. The van der Waals surface area contributed by atoms with E-state index in [0.29, 0.717) is 17.4 Å². The van der Waals surface area contributed by atoms with Gasteiger partial charge in [0.05, 0.1) is 12.8 Å². The van der Waals surface area contributed by atoms with E-state index in [1.165, 1.54) is 18.2 Å². The van der Waals surface area contributed by atoms with Crippen LogP contribution >= 0.6 is 0 Å². The Kier molecular flexibility index (Phi) is 7.40. The maximum atomic E-state index is 13.2. The van der Waals surface area contributed by atoms with Crippen LogP contribution in [0.2, 0.25) is 0 Å². The molecule has 31 heavy (non-hydrogen) atoms. The molecule has 2 aromatic carbocycles. The van der Waals surface area contributed by atoms with Gasteiger partial charge in [-0.1, -0.05) is 29.8 Å². The van der Waals surface area contributed by atoms with Crippen molar-refractivity contribution >= 4 is 6.21 Å². The van der Waals surface area contributed by atoms with Crippen molar-refractivity contribution in [1.82, 2.24) is 5.43 Å². The molecule has 0 bridgehead atoms. The van der Waals surface area contributed by atoms with Gasteiger partial charge in [-0.3, -0.25) is 0 Å². The summed E-state index contributed by atoms with van der Waals surface area (Å²) in [7, 11) is 0. The second kappa shape index (κ2) is 9.44. The Bertz CT molecular complexity index is 897. The quantitative estimate of drug-likeness (QED) is 0.230. The van der Waals surface area contributed by atoms with E-state index in [1.54, 1.807) is 6.92 Å². The summed E-state index contributed by atoms with van der Waals surface area (Å²) < 4.78 is 99.6. The molecule has 0 spiro atoms. The number of alkyl halides is 7. The molecule has 0 amide bonds. The number of halogens is 7. The summed E-state index contributed by atoms with van der Waals surface area (Å²) in [5, 5.41) is 2.82. The molecule has 0 aliphatic carbocycles. The molecule has 0 aromatic heterocycles. The highest BCUT2D eigenvalue weighted by Crippen LogP contribution is 2.45. The minimum atomic E-state index is -6.45. The van der Waals surface area contributed by atoms with Crippen molar-refractivity contribution in [3.63, 3.8) is 0 Å². The maximum absolute atomic E-state index is 13.2. The fourth-order valence-corrected chi connectivity index (χ4v) is 2.27. The minimum Gasteiger partial charge on any atom is -0.490 e. The van der Waals surface area contributed by atoms with E-state index in [9.17, 15) is 30.7 Å². The Morgan fingerprint density at radius 1 is 0.903 bits per heavy atom. The molecule has 0 radical (unpaired) electrons. The average molecular weight is 452 g/mol. The van der Waals surface area contributed by atoms with E-state index in [4.69, 9.17) is 9.47 Å². The van der Waals surface area contributed by atoms with Gasteiger partial charge < -0.3 is 9.47 Å². The van der Waals surface area contributed by atoms with E-state index in [-0.39, 0.29) is 24.5 Å². The monoisotopic (exact) mass is 452 g/mol. The first-order valence-electron chi connectivity index (χ1n) is 8.95. The molecule has 0 fully saturated rings. The molecular weight excluding hydrogens is 433 g/mol. The third-order valence-electron chi connectivity index (χ3n) is 3.95. The van der Waals surface area contributed by atoms with Crippen LogP contribution in [-0.2, 0) is 6.61 Å². The molecule has 170 valence electrons. The van der Waals surface area contributed by atoms with Crippen LogP contribution in [-0.4, -0.2) is 31.0 Å². The number of rotatable bonds is 9. The van der Waals surface area contributed by atoms with E-state index < -0.39 is 18.1 Å². The Morgan fingerprint density at radius 3 is 2.13 bits per heavy atom. The minimum absolute atomic E-state index is 0.102. The van der Waals surface area contributed by atoms with Crippen LogP contribution in [0.1, 0.15) is 23.6 Å². The molecule has 0 heterocycles. The fraction of sp³-hybridized carbons (Fsp3) is 0.350. The molecule has 4 nitrogen and oxygen atoms in total. The Balaban J connectivity index is 2.11. The average Bonchev–Trinajstić information content (AvgIpc) is 2.68. The zero-order valence-corrected chi connectivity index (χ0v) is 16.4. The van der Waals surface area contributed by atoms with Crippen LogP contribution in [0, 0.1) is 6.92 Å². The molecule has 2 aromatic rings. The van der Waals surface area contributed by atoms with Gasteiger partial charge in [-0.15, -0.1) is 0 Å². The number of hydrogen-bond acceptors (Lipinski definition) is 4. The zero-order chi connectivity index (χ0) is 23.3. The van der Waals surface area contributed by atoms with Gasteiger partial charge in [-0.2, -0.15) is 35.8 Å². The van der Waals surface area contributed by atoms with Crippen LogP contribution in [0.3, 0.4) is 0 Å². The SMILES string of the molecule is CCOc1cc(/C=N/NC(F)(F)C(F)(F)C(F)(F)F)ccc1OCc1ccc(C)cc1. The first-order valence-corrected chi connectivity index (χ1v) is 8.95. The molecule has 0 aliphatic rings. The first kappa shape index (κ1) is 24.3. The number of nitrogens with one attached hydrogen (secondary N) is 1. The van der Waals surface area contributed by atoms with Gasteiger partial charge in [-0.25, -0.2) is 5.43 Å². The lowest BCUT2D eigenvalue weighted by molar-refractivity contribution is -0.361. The van der Waals surface area contributed by atoms with E-state index in [1.807, 2.05) is 31.2 Å². The molecule has 0 saturated carbocycles. The molecule has 0 unspecified atom stereocenters. The summed E-state index contributed by atoms with van der Waals surface area (Å²) >= 11 is 0. The number of hydrogen-bond donors (Lipinski definition) is 1. The van der Waals surface area contributed by atoms with E-state index in [0.717, 1.165) is 11.1 Å². The second-order valence-corrected chi connectivity index (χ2v) is 6.43. The van der Waals surface area contributed by atoms with Crippen LogP contribution in [0.5, 0.6) is 11.5 Å². The van der Waals surface area contributed by atoms with Gasteiger partial charge in [0.15, 0.2) is 11.5 Å². The van der Waals surface area contributed by atoms with Crippen molar-refractivity contribution < 1.29 is 40.2 Å². The third kappa shape index (κ3) is 6.02. The predicted octanol–water partition coefficient (Wildman–Crippen LogP) is 5.69. The van der Waals surface area contributed by atoms with Gasteiger partial charge in [0.2, 0.25) is 0 Å². The highest BCUT2D eigenvalue weighted by molar-refractivity contribution is 5.80. The molecule has 0 aliphatic heterocycles. The molecule has 2 rings (SSSR count). The Labute approximate surface area is 173 Å². The summed E-state index contributed by atoms with van der Waals surface area (Å²) in [4.78, 5) is 0. The van der Waals surface area contributed by atoms with Gasteiger partial charge in [0, 0.05) is 0 Å². The van der Waals surface area contributed by atoms with Crippen LogP contribution in [0.4, 0.5) is 30.7 Å². The third-order valence-corrected chi connectivity index (χ3v) is 3.95. The molecular formula is C20H19F7N2O2. The lowest BCUT2D eigenvalue weighted by Gasteiger charge is -2.27. The standard InChI is InChI=1S/C20H19F7N2O2/c1-3-30-17-10-15(11-28-29-20(26,27)18(21,22)19(23,24)25)8-9-16(17)31-12-14-6-4-13(2)5-7-14/h4-11,29H,3,12H2,1-2H3/b28-11+. The van der Waals surface area contributed by atoms with Crippen molar-refractivity contribution in [3.05, 3.63) is 59.2 Å². The van der Waals surface area contributed by atoms with Crippen molar-refractivity contribution in [1.29, 1.82) is 0 Å². The molecule has 0 saturated heterocycles. The summed E-state index contributed by atoms with van der Waals surface area (Å²) in [5.41, 5.74) is 2.63. The topological polar surface area (TPSA) is 42.8 Å². The fourth-order valence-electron chi connectivity index (χ4n) is 2.27. The number of nitrogens with zero attached hydrogens (tertiary/aromatic N) is 1. The lowest BCUT2D eigenvalue weighted by Crippen LogP contribution is -2.58. The summed E-state index contributed by atoms with van der Waals surface area (Å²) in [6.45, 7) is 4.07. The molecule has 0 atom stereocenters. The zero-order valence-electron chi connectivity index (χ0n) is 16.4. The Morgan fingerprint density at radius 2 is 1.55 bits per heavy atom. The lowest BCUT2D eigenvalue weighted by atomic mass is 10.2. The number of benzene rings is 2. The van der Waals surface area contributed by atoms with Gasteiger partial charge >= 0.3 is 18.1 Å². The van der Waals surface area contributed by atoms with Crippen LogP contribution in [0.25, 0.3) is 0 Å². The van der Waals surface area contributed by atoms with Gasteiger partial charge in [0.25, 0.3) is 0 Å².